The van der Waals surface area contributed by atoms with Gasteiger partial charge in [0.05, 0.1) is 0 Å². The van der Waals surface area contributed by atoms with Gasteiger partial charge in [-0.1, -0.05) is 6.07 Å². The maximum atomic E-state index is 13.7. The van der Waals surface area contributed by atoms with E-state index in [9.17, 15) is 14.3 Å². The van der Waals surface area contributed by atoms with E-state index in [1.54, 1.807) is 17.0 Å². The molecule has 0 amide bonds. The number of carboxylic acids is 1. The van der Waals surface area contributed by atoms with Gasteiger partial charge in [0.2, 0.25) is 0 Å². The van der Waals surface area contributed by atoms with Gasteiger partial charge in [0.1, 0.15) is 29.5 Å². The van der Waals surface area contributed by atoms with Crippen molar-refractivity contribution in [3.8, 4) is 0 Å². The van der Waals surface area contributed by atoms with E-state index in [-0.39, 0.29) is 5.52 Å². The highest BCUT2D eigenvalue weighted by Crippen LogP contribution is 2.30. The molecule has 0 radical (unpaired) electrons. The van der Waals surface area contributed by atoms with E-state index in [4.69, 9.17) is 0 Å². The van der Waals surface area contributed by atoms with Crippen LogP contribution < -0.4 is 4.90 Å². The zero-order valence-electron chi connectivity index (χ0n) is 10.1. The maximum Gasteiger partial charge on any atom is 0.326 e. The minimum Gasteiger partial charge on any atom is -0.480 e. The van der Waals surface area contributed by atoms with E-state index in [1.165, 1.54) is 12.4 Å². The van der Waals surface area contributed by atoms with Gasteiger partial charge in [-0.25, -0.2) is 19.2 Å². The van der Waals surface area contributed by atoms with Crippen molar-refractivity contribution in [1.29, 1.82) is 0 Å². The molecule has 19 heavy (non-hydrogen) atoms. The summed E-state index contributed by atoms with van der Waals surface area (Å²) in [5.41, 5.74) is 0.225. The first-order chi connectivity index (χ1) is 9.18. The van der Waals surface area contributed by atoms with Crippen LogP contribution in [0.15, 0.2) is 24.5 Å². The van der Waals surface area contributed by atoms with Crippen LogP contribution in [-0.2, 0) is 4.79 Å². The fourth-order valence-electron chi connectivity index (χ4n) is 2.54. The Hall–Kier alpha value is -2.24. The molecule has 1 fully saturated rings. The summed E-state index contributed by atoms with van der Waals surface area (Å²) in [6.07, 6.45) is 2.64. The molecule has 6 heteroatoms. The molecule has 0 bridgehead atoms. The van der Waals surface area contributed by atoms with E-state index < -0.39 is 17.8 Å². The Morgan fingerprint density at radius 2 is 2.26 bits per heavy atom. The Bertz CT molecular complexity index is 647. The highest BCUT2D eigenvalue weighted by Gasteiger charge is 2.32. The van der Waals surface area contributed by atoms with Crippen LogP contribution in [0.1, 0.15) is 12.8 Å². The zero-order valence-corrected chi connectivity index (χ0v) is 10.1. The molecule has 1 saturated heterocycles. The molecule has 1 aliphatic rings. The molecule has 3 rings (SSSR count). The number of anilines is 1. The Morgan fingerprint density at radius 3 is 3.05 bits per heavy atom. The van der Waals surface area contributed by atoms with E-state index in [1.807, 2.05) is 0 Å². The molecule has 1 aliphatic heterocycles. The highest BCUT2D eigenvalue weighted by molar-refractivity contribution is 5.92. The van der Waals surface area contributed by atoms with Crippen molar-refractivity contribution in [3.05, 3.63) is 30.3 Å². The largest absolute Gasteiger partial charge is 0.480 e. The first-order valence-corrected chi connectivity index (χ1v) is 6.07. The summed E-state index contributed by atoms with van der Waals surface area (Å²) in [6.45, 7) is 0.611. The number of para-hydroxylation sites is 1. The minimum absolute atomic E-state index is 0.225. The number of aliphatic carboxylic acids is 1. The summed E-state index contributed by atoms with van der Waals surface area (Å²) in [4.78, 5) is 21.0. The molecular weight excluding hydrogens is 249 g/mol. The fourth-order valence-corrected chi connectivity index (χ4v) is 2.54. The second kappa shape index (κ2) is 4.46. The third-order valence-corrected chi connectivity index (χ3v) is 3.40. The monoisotopic (exact) mass is 261 g/mol. The van der Waals surface area contributed by atoms with Gasteiger partial charge in [-0.15, -0.1) is 0 Å². The average Bonchev–Trinajstić information content (AvgIpc) is 2.88. The third kappa shape index (κ3) is 1.89. The molecule has 0 aliphatic carbocycles. The number of halogens is 1. The maximum absolute atomic E-state index is 13.7. The van der Waals surface area contributed by atoms with E-state index in [2.05, 4.69) is 9.97 Å². The van der Waals surface area contributed by atoms with Crippen LogP contribution >= 0.6 is 0 Å². The zero-order chi connectivity index (χ0) is 13.4. The summed E-state index contributed by atoms with van der Waals surface area (Å²) in [5, 5.41) is 9.76. The van der Waals surface area contributed by atoms with Gasteiger partial charge in [0.25, 0.3) is 0 Å². The van der Waals surface area contributed by atoms with Gasteiger partial charge >= 0.3 is 5.97 Å². The second-order valence-electron chi connectivity index (χ2n) is 4.52. The van der Waals surface area contributed by atoms with Crippen molar-refractivity contribution in [1.82, 2.24) is 9.97 Å². The van der Waals surface area contributed by atoms with Gasteiger partial charge in [-0.2, -0.15) is 0 Å². The molecule has 1 atom stereocenters. The summed E-state index contributed by atoms with van der Waals surface area (Å²) in [5.74, 6) is -0.803. The lowest BCUT2D eigenvalue weighted by Gasteiger charge is -2.23. The molecule has 2 aromatic rings. The molecule has 1 aromatic carbocycles. The lowest BCUT2D eigenvalue weighted by molar-refractivity contribution is -0.138. The molecular formula is C13H12FN3O2. The quantitative estimate of drug-likeness (QED) is 0.893. The van der Waals surface area contributed by atoms with Gasteiger partial charge in [0.15, 0.2) is 0 Å². The first-order valence-electron chi connectivity index (χ1n) is 6.07. The van der Waals surface area contributed by atoms with Crippen molar-refractivity contribution in [2.45, 2.75) is 18.9 Å². The lowest BCUT2D eigenvalue weighted by atomic mass is 10.2. The van der Waals surface area contributed by atoms with Crippen molar-refractivity contribution in [2.24, 2.45) is 0 Å². The number of fused-ring (bicyclic) bond motifs is 1. The lowest BCUT2D eigenvalue weighted by Crippen LogP contribution is -2.36. The van der Waals surface area contributed by atoms with Crippen LogP contribution in [0.5, 0.6) is 0 Å². The molecule has 5 nitrogen and oxygen atoms in total. The molecule has 0 saturated carbocycles. The van der Waals surface area contributed by atoms with Crippen LogP contribution in [0.2, 0.25) is 0 Å². The minimum atomic E-state index is -0.874. The van der Waals surface area contributed by atoms with Gasteiger partial charge < -0.3 is 10.0 Å². The van der Waals surface area contributed by atoms with E-state index >= 15 is 0 Å². The van der Waals surface area contributed by atoms with Crippen LogP contribution in [0.3, 0.4) is 0 Å². The number of hydrogen-bond donors (Lipinski definition) is 1. The molecule has 1 N–H and O–H groups in total. The van der Waals surface area contributed by atoms with Crippen molar-refractivity contribution < 1.29 is 14.3 Å². The Labute approximate surface area is 108 Å². The van der Waals surface area contributed by atoms with Crippen LogP contribution in [-0.4, -0.2) is 33.6 Å². The van der Waals surface area contributed by atoms with Gasteiger partial charge in [-0.3, -0.25) is 0 Å². The predicted molar refractivity (Wildman–Crippen MR) is 67.5 cm³/mol. The molecule has 2 heterocycles. The number of aromatic nitrogens is 2. The van der Waals surface area contributed by atoms with Gasteiger partial charge in [-0.05, 0) is 25.0 Å². The van der Waals surface area contributed by atoms with Crippen molar-refractivity contribution >= 4 is 22.7 Å². The number of benzene rings is 1. The molecule has 98 valence electrons. The number of rotatable bonds is 2. The standard InChI is InChI=1S/C13H12FN3O2/c14-9-4-1-3-8-11(9)15-7-16-12(8)17-6-2-5-10(17)13(18)19/h1,3-4,7,10H,2,5-6H2,(H,18,19). The normalized spacial score (nSPS) is 19.0. The summed E-state index contributed by atoms with van der Waals surface area (Å²) in [6, 6.07) is 4.03. The first kappa shape index (κ1) is 11.8. The number of carboxylic acid groups (broad SMARTS) is 1. The van der Waals surface area contributed by atoms with Crippen molar-refractivity contribution in [3.63, 3.8) is 0 Å². The van der Waals surface area contributed by atoms with E-state index in [0.29, 0.717) is 24.2 Å². The topological polar surface area (TPSA) is 66.3 Å². The SMILES string of the molecule is O=C(O)C1CCCN1c1ncnc2c(F)cccc12. The van der Waals surface area contributed by atoms with Crippen LogP contribution in [0, 0.1) is 5.82 Å². The molecule has 1 aromatic heterocycles. The Morgan fingerprint density at radius 1 is 1.42 bits per heavy atom. The number of nitrogens with zero attached hydrogens (tertiary/aromatic N) is 3. The molecule has 1 unspecified atom stereocenters. The second-order valence-corrected chi connectivity index (χ2v) is 4.52. The summed E-state index contributed by atoms with van der Waals surface area (Å²) < 4.78 is 13.7. The third-order valence-electron chi connectivity index (χ3n) is 3.40. The molecule has 0 spiro atoms. The van der Waals surface area contributed by atoms with Crippen LogP contribution in [0.4, 0.5) is 10.2 Å². The summed E-state index contributed by atoms with van der Waals surface area (Å²) in [7, 11) is 0. The van der Waals surface area contributed by atoms with Crippen molar-refractivity contribution in [2.75, 3.05) is 11.4 Å². The van der Waals surface area contributed by atoms with E-state index in [0.717, 1.165) is 6.42 Å². The highest BCUT2D eigenvalue weighted by atomic mass is 19.1. The predicted octanol–water partition coefficient (Wildman–Crippen LogP) is 1.82. The number of carbonyl (C=O) groups is 1. The Kier molecular flexibility index (Phi) is 2.77. The number of hydrogen-bond acceptors (Lipinski definition) is 4. The van der Waals surface area contributed by atoms with Crippen LogP contribution in [0.25, 0.3) is 10.9 Å². The average molecular weight is 261 g/mol. The smallest absolute Gasteiger partial charge is 0.326 e. The summed E-state index contributed by atoms with van der Waals surface area (Å²) >= 11 is 0. The van der Waals surface area contributed by atoms with Gasteiger partial charge in [0, 0.05) is 11.9 Å². The fraction of sp³-hybridized carbons (Fsp3) is 0.308. The Balaban J connectivity index is 2.15.